The average molecular weight is 252 g/mol. The van der Waals surface area contributed by atoms with Gasteiger partial charge in [0, 0.05) is 6.54 Å². The second kappa shape index (κ2) is 6.86. The van der Waals surface area contributed by atoms with Gasteiger partial charge in [-0.25, -0.2) is 0 Å². The highest BCUT2D eigenvalue weighted by Gasteiger charge is 2.11. The number of phenols is 2. The van der Waals surface area contributed by atoms with Gasteiger partial charge in [-0.3, -0.25) is 4.79 Å². The second-order valence-corrected chi connectivity index (χ2v) is 4.26. The Balaban J connectivity index is 2.37. The fourth-order valence-corrected chi connectivity index (χ4v) is 1.63. The lowest BCUT2D eigenvalue weighted by molar-refractivity contribution is -0.122. The van der Waals surface area contributed by atoms with Crippen LogP contribution in [0.5, 0.6) is 11.5 Å². The minimum Gasteiger partial charge on any atom is -0.504 e. The minimum atomic E-state index is -0.455. The number of rotatable bonds is 6. The van der Waals surface area contributed by atoms with E-state index in [-0.39, 0.29) is 17.4 Å². The molecule has 100 valence electrons. The van der Waals surface area contributed by atoms with Crippen molar-refractivity contribution in [2.24, 2.45) is 5.73 Å². The van der Waals surface area contributed by atoms with E-state index >= 15 is 0 Å². The van der Waals surface area contributed by atoms with Crippen LogP contribution in [-0.2, 0) is 11.2 Å². The van der Waals surface area contributed by atoms with Gasteiger partial charge in [-0.1, -0.05) is 19.4 Å². The van der Waals surface area contributed by atoms with Crippen molar-refractivity contribution in [2.75, 3.05) is 6.54 Å². The third-order valence-electron chi connectivity index (χ3n) is 2.69. The Kier molecular flexibility index (Phi) is 5.45. The summed E-state index contributed by atoms with van der Waals surface area (Å²) in [4.78, 5) is 11.5. The fourth-order valence-electron chi connectivity index (χ4n) is 1.63. The van der Waals surface area contributed by atoms with Crippen LogP contribution in [0.4, 0.5) is 0 Å². The van der Waals surface area contributed by atoms with Crippen molar-refractivity contribution in [1.82, 2.24) is 5.32 Å². The molecule has 0 aliphatic carbocycles. The van der Waals surface area contributed by atoms with Crippen molar-refractivity contribution in [2.45, 2.75) is 32.2 Å². The lowest BCUT2D eigenvalue weighted by atomic mass is 10.1. The van der Waals surface area contributed by atoms with Gasteiger partial charge in [0.25, 0.3) is 0 Å². The Morgan fingerprint density at radius 1 is 1.39 bits per heavy atom. The Labute approximate surface area is 107 Å². The van der Waals surface area contributed by atoms with E-state index in [1.807, 2.05) is 6.92 Å². The average Bonchev–Trinajstić information content (AvgIpc) is 2.34. The van der Waals surface area contributed by atoms with Gasteiger partial charge in [-0.05, 0) is 30.5 Å². The van der Waals surface area contributed by atoms with Gasteiger partial charge >= 0.3 is 0 Å². The summed E-state index contributed by atoms with van der Waals surface area (Å²) in [5.41, 5.74) is 6.51. The van der Waals surface area contributed by atoms with E-state index in [1.54, 1.807) is 6.07 Å². The summed E-state index contributed by atoms with van der Waals surface area (Å²) in [5.74, 6) is -0.450. The number of amides is 1. The van der Waals surface area contributed by atoms with Crippen LogP contribution >= 0.6 is 0 Å². The zero-order valence-corrected chi connectivity index (χ0v) is 10.5. The van der Waals surface area contributed by atoms with E-state index in [0.717, 1.165) is 12.0 Å². The normalized spacial score (nSPS) is 12.1. The van der Waals surface area contributed by atoms with Crippen molar-refractivity contribution in [3.8, 4) is 11.5 Å². The topological polar surface area (TPSA) is 95.6 Å². The van der Waals surface area contributed by atoms with Crippen LogP contribution in [0, 0.1) is 0 Å². The molecular weight excluding hydrogens is 232 g/mol. The molecule has 0 aromatic heterocycles. The van der Waals surface area contributed by atoms with Crippen LogP contribution < -0.4 is 11.1 Å². The molecule has 18 heavy (non-hydrogen) atoms. The quantitative estimate of drug-likeness (QED) is 0.565. The lowest BCUT2D eigenvalue weighted by Crippen LogP contribution is -2.41. The first kappa shape index (κ1) is 14.3. The summed E-state index contributed by atoms with van der Waals surface area (Å²) in [6, 6.07) is 4.15. The molecule has 0 spiro atoms. The molecule has 1 amide bonds. The van der Waals surface area contributed by atoms with Gasteiger partial charge in [0.05, 0.1) is 6.04 Å². The van der Waals surface area contributed by atoms with E-state index in [0.29, 0.717) is 19.4 Å². The number of carbonyl (C=O) groups excluding carboxylic acids is 1. The lowest BCUT2D eigenvalue weighted by Gasteiger charge is -2.11. The predicted molar refractivity (Wildman–Crippen MR) is 69.4 cm³/mol. The highest BCUT2D eigenvalue weighted by atomic mass is 16.3. The van der Waals surface area contributed by atoms with Gasteiger partial charge in [-0.2, -0.15) is 0 Å². The molecule has 5 heteroatoms. The smallest absolute Gasteiger partial charge is 0.236 e. The Morgan fingerprint density at radius 3 is 2.72 bits per heavy atom. The van der Waals surface area contributed by atoms with Gasteiger partial charge in [0.2, 0.25) is 5.91 Å². The van der Waals surface area contributed by atoms with Crippen LogP contribution in [0.25, 0.3) is 0 Å². The summed E-state index contributed by atoms with van der Waals surface area (Å²) in [6.45, 7) is 2.44. The molecule has 0 saturated carbocycles. The van der Waals surface area contributed by atoms with Gasteiger partial charge in [0.1, 0.15) is 0 Å². The molecule has 0 fully saturated rings. The molecule has 1 rings (SSSR count). The number of aromatic hydroxyl groups is 2. The number of phenolic OH excluding ortho intramolecular Hbond substituents is 2. The zero-order valence-electron chi connectivity index (χ0n) is 10.5. The van der Waals surface area contributed by atoms with Crippen molar-refractivity contribution >= 4 is 5.91 Å². The molecule has 0 bridgehead atoms. The highest BCUT2D eigenvalue weighted by Crippen LogP contribution is 2.24. The molecule has 0 heterocycles. The first-order chi connectivity index (χ1) is 8.54. The van der Waals surface area contributed by atoms with E-state index in [9.17, 15) is 9.90 Å². The largest absolute Gasteiger partial charge is 0.504 e. The molecule has 0 aliphatic rings. The van der Waals surface area contributed by atoms with Crippen LogP contribution in [0.1, 0.15) is 25.3 Å². The van der Waals surface area contributed by atoms with Crippen LogP contribution in [0.2, 0.25) is 0 Å². The van der Waals surface area contributed by atoms with Crippen LogP contribution in [0.3, 0.4) is 0 Å². The van der Waals surface area contributed by atoms with Gasteiger partial charge in [-0.15, -0.1) is 0 Å². The zero-order chi connectivity index (χ0) is 13.5. The van der Waals surface area contributed by atoms with Crippen LogP contribution in [-0.4, -0.2) is 28.7 Å². The highest BCUT2D eigenvalue weighted by molar-refractivity contribution is 5.81. The summed E-state index contributed by atoms with van der Waals surface area (Å²) < 4.78 is 0. The van der Waals surface area contributed by atoms with Crippen molar-refractivity contribution in [1.29, 1.82) is 0 Å². The third-order valence-corrected chi connectivity index (χ3v) is 2.69. The van der Waals surface area contributed by atoms with Gasteiger partial charge in [0.15, 0.2) is 11.5 Å². The molecule has 1 aromatic rings. The molecular formula is C13H20N2O3. The summed E-state index contributed by atoms with van der Waals surface area (Å²) in [6.07, 6.45) is 2.13. The molecule has 1 atom stereocenters. The Morgan fingerprint density at radius 2 is 2.11 bits per heavy atom. The SMILES string of the molecule is CCCC(N)C(=O)NCCc1ccc(O)c(O)c1. The molecule has 0 saturated heterocycles. The van der Waals surface area contributed by atoms with E-state index in [2.05, 4.69) is 5.32 Å². The molecule has 5 nitrogen and oxygen atoms in total. The second-order valence-electron chi connectivity index (χ2n) is 4.26. The maximum atomic E-state index is 11.5. The van der Waals surface area contributed by atoms with Crippen molar-refractivity contribution in [3.05, 3.63) is 23.8 Å². The maximum Gasteiger partial charge on any atom is 0.236 e. The molecule has 1 unspecified atom stereocenters. The number of hydrogen-bond donors (Lipinski definition) is 4. The molecule has 0 aliphatic heterocycles. The monoisotopic (exact) mass is 252 g/mol. The van der Waals surface area contributed by atoms with Gasteiger partial charge < -0.3 is 21.3 Å². The van der Waals surface area contributed by atoms with Crippen molar-refractivity contribution < 1.29 is 15.0 Å². The molecule has 1 aromatic carbocycles. The number of benzene rings is 1. The Bertz CT molecular complexity index is 407. The summed E-state index contributed by atoms with van der Waals surface area (Å²) in [5, 5.41) is 21.2. The maximum absolute atomic E-state index is 11.5. The predicted octanol–water partition coefficient (Wildman–Crippen LogP) is 0.884. The molecule has 5 N–H and O–H groups in total. The molecule has 0 radical (unpaired) electrons. The van der Waals surface area contributed by atoms with E-state index in [1.165, 1.54) is 12.1 Å². The van der Waals surface area contributed by atoms with E-state index < -0.39 is 6.04 Å². The van der Waals surface area contributed by atoms with Crippen molar-refractivity contribution in [3.63, 3.8) is 0 Å². The fraction of sp³-hybridized carbons (Fsp3) is 0.462. The number of hydrogen-bond acceptors (Lipinski definition) is 4. The van der Waals surface area contributed by atoms with Crippen LogP contribution in [0.15, 0.2) is 18.2 Å². The summed E-state index contributed by atoms with van der Waals surface area (Å²) >= 11 is 0. The first-order valence-electron chi connectivity index (χ1n) is 6.08. The minimum absolute atomic E-state index is 0.146. The summed E-state index contributed by atoms with van der Waals surface area (Å²) in [7, 11) is 0. The Hall–Kier alpha value is -1.75. The number of nitrogens with one attached hydrogen (secondary N) is 1. The standard InChI is InChI=1S/C13H20N2O3/c1-2-3-10(14)13(18)15-7-6-9-4-5-11(16)12(17)8-9/h4-5,8,10,16-17H,2-3,6-7,14H2,1H3,(H,15,18). The number of carbonyl (C=O) groups is 1. The van der Waals surface area contributed by atoms with E-state index in [4.69, 9.17) is 10.8 Å². The first-order valence-corrected chi connectivity index (χ1v) is 6.08. The third kappa shape index (κ3) is 4.25. The number of nitrogens with two attached hydrogens (primary N) is 1.